The van der Waals surface area contributed by atoms with Crippen LogP contribution >= 0.6 is 27.7 Å². The molecule has 0 saturated carbocycles. The van der Waals surface area contributed by atoms with Crippen molar-refractivity contribution < 1.29 is 4.39 Å². The average molecular weight is 290 g/mol. The zero-order valence-corrected chi connectivity index (χ0v) is 10.7. The first-order chi connectivity index (χ1) is 7.27. The molecule has 1 atom stereocenters. The second kappa shape index (κ2) is 5.32. The van der Waals surface area contributed by atoms with Gasteiger partial charge in [0.2, 0.25) is 0 Å². The number of hydrogen-bond acceptors (Lipinski definition) is 2. The molecule has 0 bridgehead atoms. The normalized spacial score (nSPS) is 22.4. The molecule has 0 spiro atoms. The van der Waals surface area contributed by atoms with Gasteiger partial charge in [-0.25, -0.2) is 4.39 Å². The highest BCUT2D eigenvalue weighted by molar-refractivity contribution is 9.10. The number of thioether (sulfide) groups is 1. The van der Waals surface area contributed by atoms with E-state index in [1.54, 1.807) is 0 Å². The van der Waals surface area contributed by atoms with E-state index in [0.717, 1.165) is 22.3 Å². The first-order valence-corrected chi connectivity index (χ1v) is 6.98. The van der Waals surface area contributed by atoms with E-state index in [1.807, 2.05) is 23.9 Å². The first kappa shape index (κ1) is 11.4. The van der Waals surface area contributed by atoms with Crippen LogP contribution < -0.4 is 5.32 Å². The molecule has 1 N–H and O–H groups in total. The standard InChI is InChI=1S/C11H13BrFNS/c12-8-2-3-9(10(13)6-8)11-7-15-5-1-4-14-11/h2-3,6,11,14H,1,4-5,7H2. The lowest BCUT2D eigenvalue weighted by Crippen LogP contribution is -2.23. The van der Waals surface area contributed by atoms with E-state index in [-0.39, 0.29) is 11.9 Å². The molecule has 0 aliphatic carbocycles. The Bertz CT molecular complexity index is 337. The maximum absolute atomic E-state index is 13.7. The molecule has 4 heteroatoms. The van der Waals surface area contributed by atoms with E-state index in [2.05, 4.69) is 21.2 Å². The third-order valence-electron chi connectivity index (χ3n) is 2.48. The fourth-order valence-corrected chi connectivity index (χ4v) is 3.08. The molecule has 82 valence electrons. The molecule has 1 aromatic rings. The summed E-state index contributed by atoms with van der Waals surface area (Å²) in [5.74, 6) is 2.00. The van der Waals surface area contributed by atoms with E-state index in [1.165, 1.54) is 18.2 Å². The molecule has 1 heterocycles. The lowest BCUT2D eigenvalue weighted by molar-refractivity contribution is 0.538. The van der Waals surface area contributed by atoms with Gasteiger partial charge in [-0.15, -0.1) is 0 Å². The van der Waals surface area contributed by atoms with Gasteiger partial charge in [-0.05, 0) is 30.9 Å². The van der Waals surface area contributed by atoms with Crippen LogP contribution in [0.5, 0.6) is 0 Å². The summed E-state index contributed by atoms with van der Waals surface area (Å²) in [4.78, 5) is 0. The molecule has 1 fully saturated rings. The second-order valence-corrected chi connectivity index (χ2v) is 5.67. The molecule has 0 radical (unpaired) electrons. The zero-order chi connectivity index (χ0) is 10.7. The summed E-state index contributed by atoms with van der Waals surface area (Å²) >= 11 is 5.16. The van der Waals surface area contributed by atoms with E-state index < -0.39 is 0 Å². The van der Waals surface area contributed by atoms with Gasteiger partial charge in [-0.1, -0.05) is 22.0 Å². The fraction of sp³-hybridized carbons (Fsp3) is 0.455. The highest BCUT2D eigenvalue weighted by Crippen LogP contribution is 2.25. The Kier molecular flexibility index (Phi) is 4.05. The lowest BCUT2D eigenvalue weighted by atomic mass is 10.1. The number of halogens is 2. The van der Waals surface area contributed by atoms with Gasteiger partial charge in [0.05, 0.1) is 0 Å². The number of rotatable bonds is 1. The lowest BCUT2D eigenvalue weighted by Gasteiger charge is -2.16. The van der Waals surface area contributed by atoms with Gasteiger partial charge in [0, 0.05) is 21.8 Å². The van der Waals surface area contributed by atoms with Crippen molar-refractivity contribution in [2.24, 2.45) is 0 Å². The largest absolute Gasteiger partial charge is 0.309 e. The summed E-state index contributed by atoms with van der Waals surface area (Å²) < 4.78 is 14.5. The Hall–Kier alpha value is -0.0600. The topological polar surface area (TPSA) is 12.0 Å². The molecule has 1 aliphatic heterocycles. The van der Waals surface area contributed by atoms with Gasteiger partial charge in [0.1, 0.15) is 5.82 Å². The van der Waals surface area contributed by atoms with Crippen LogP contribution in [0.3, 0.4) is 0 Å². The summed E-state index contributed by atoms with van der Waals surface area (Å²) in [7, 11) is 0. The summed E-state index contributed by atoms with van der Waals surface area (Å²) in [5.41, 5.74) is 0.785. The van der Waals surface area contributed by atoms with Gasteiger partial charge >= 0.3 is 0 Å². The van der Waals surface area contributed by atoms with Crippen molar-refractivity contribution in [3.63, 3.8) is 0 Å². The van der Waals surface area contributed by atoms with Crippen molar-refractivity contribution in [3.05, 3.63) is 34.1 Å². The van der Waals surface area contributed by atoms with E-state index >= 15 is 0 Å². The van der Waals surface area contributed by atoms with Crippen molar-refractivity contribution in [2.45, 2.75) is 12.5 Å². The molecule has 0 aromatic heterocycles. The Morgan fingerprint density at radius 3 is 3.13 bits per heavy atom. The quantitative estimate of drug-likeness (QED) is 0.851. The highest BCUT2D eigenvalue weighted by Gasteiger charge is 2.17. The molecule has 1 unspecified atom stereocenters. The maximum Gasteiger partial charge on any atom is 0.129 e. The zero-order valence-electron chi connectivity index (χ0n) is 8.30. The van der Waals surface area contributed by atoms with Gasteiger partial charge in [-0.3, -0.25) is 0 Å². The van der Waals surface area contributed by atoms with Crippen LogP contribution in [0.4, 0.5) is 4.39 Å². The van der Waals surface area contributed by atoms with Gasteiger partial charge in [0.15, 0.2) is 0 Å². The van der Waals surface area contributed by atoms with Crippen molar-refractivity contribution in [1.29, 1.82) is 0 Å². The molecular weight excluding hydrogens is 277 g/mol. The van der Waals surface area contributed by atoms with Crippen LogP contribution in [0.1, 0.15) is 18.0 Å². The van der Waals surface area contributed by atoms with E-state index in [0.29, 0.717) is 0 Å². The smallest absolute Gasteiger partial charge is 0.129 e. The summed E-state index contributed by atoms with van der Waals surface area (Å²) in [6, 6.07) is 5.45. The van der Waals surface area contributed by atoms with E-state index in [9.17, 15) is 4.39 Å². The van der Waals surface area contributed by atoms with E-state index in [4.69, 9.17) is 0 Å². The van der Waals surface area contributed by atoms with Crippen LogP contribution in [-0.2, 0) is 0 Å². The monoisotopic (exact) mass is 289 g/mol. The molecule has 15 heavy (non-hydrogen) atoms. The summed E-state index contributed by atoms with van der Waals surface area (Å²) in [6.45, 7) is 0.979. The maximum atomic E-state index is 13.7. The van der Waals surface area contributed by atoms with Crippen molar-refractivity contribution in [1.82, 2.24) is 5.32 Å². The number of hydrogen-bond donors (Lipinski definition) is 1. The van der Waals surface area contributed by atoms with Crippen molar-refractivity contribution in [2.75, 3.05) is 18.1 Å². The average Bonchev–Trinajstić information content (AvgIpc) is 2.46. The molecule has 1 saturated heterocycles. The van der Waals surface area contributed by atoms with Gasteiger partial charge < -0.3 is 5.32 Å². The third-order valence-corrected chi connectivity index (χ3v) is 4.12. The Balaban J connectivity index is 2.19. The fourth-order valence-electron chi connectivity index (χ4n) is 1.69. The van der Waals surface area contributed by atoms with Crippen LogP contribution in [0.15, 0.2) is 22.7 Å². The van der Waals surface area contributed by atoms with Crippen LogP contribution in [0, 0.1) is 5.82 Å². The van der Waals surface area contributed by atoms with Crippen molar-refractivity contribution >= 4 is 27.7 Å². The van der Waals surface area contributed by atoms with Crippen molar-refractivity contribution in [3.8, 4) is 0 Å². The summed E-state index contributed by atoms with van der Waals surface area (Å²) in [6.07, 6.45) is 1.17. The molecule has 2 rings (SSSR count). The minimum atomic E-state index is -0.121. The van der Waals surface area contributed by atoms with Gasteiger partial charge in [-0.2, -0.15) is 11.8 Å². The third kappa shape index (κ3) is 2.95. The van der Waals surface area contributed by atoms with Crippen LogP contribution in [-0.4, -0.2) is 18.1 Å². The molecule has 1 aromatic carbocycles. The minimum Gasteiger partial charge on any atom is -0.309 e. The SMILES string of the molecule is Fc1cc(Br)ccc1C1CSCCCN1. The second-order valence-electron chi connectivity index (χ2n) is 3.60. The Morgan fingerprint density at radius 2 is 2.33 bits per heavy atom. The Morgan fingerprint density at radius 1 is 1.47 bits per heavy atom. The molecular formula is C11H13BrFNS. The van der Waals surface area contributed by atoms with Crippen LogP contribution in [0.25, 0.3) is 0 Å². The molecule has 1 nitrogen and oxygen atoms in total. The molecule has 0 amide bonds. The number of nitrogens with one attached hydrogen (secondary N) is 1. The highest BCUT2D eigenvalue weighted by atomic mass is 79.9. The Labute approximate surface area is 102 Å². The minimum absolute atomic E-state index is 0.121. The summed E-state index contributed by atoms with van der Waals surface area (Å²) in [5, 5.41) is 3.38. The predicted octanol–water partition coefficient (Wildman–Crippen LogP) is 3.36. The first-order valence-electron chi connectivity index (χ1n) is 5.03. The molecule has 1 aliphatic rings. The van der Waals surface area contributed by atoms with Crippen LogP contribution in [0.2, 0.25) is 0 Å². The number of benzene rings is 1. The van der Waals surface area contributed by atoms with Gasteiger partial charge in [0.25, 0.3) is 0 Å². The predicted molar refractivity (Wildman–Crippen MR) is 66.8 cm³/mol.